The summed E-state index contributed by atoms with van der Waals surface area (Å²) in [4.78, 5) is 8.68. The van der Waals surface area contributed by atoms with Crippen molar-refractivity contribution < 1.29 is 8.78 Å². The zero-order valence-corrected chi connectivity index (χ0v) is 12.1. The summed E-state index contributed by atoms with van der Waals surface area (Å²) in [5.74, 6) is -0.0488. The molecule has 0 unspecified atom stereocenters. The van der Waals surface area contributed by atoms with Crippen LogP contribution >= 0.6 is 0 Å². The second kappa shape index (κ2) is 6.97. The molecule has 0 aliphatic carbocycles. The Morgan fingerprint density at radius 3 is 2.57 bits per heavy atom. The predicted octanol–water partition coefficient (Wildman–Crippen LogP) is 3.88. The molecule has 0 bridgehead atoms. The summed E-state index contributed by atoms with van der Waals surface area (Å²) < 4.78 is 26.9. The van der Waals surface area contributed by atoms with Crippen LogP contribution in [0, 0.1) is 11.6 Å². The van der Waals surface area contributed by atoms with Crippen LogP contribution in [-0.2, 0) is 6.42 Å². The molecule has 0 aliphatic rings. The molecule has 1 aromatic carbocycles. The maximum Gasteiger partial charge on any atom is 0.182 e. The second-order valence-corrected chi connectivity index (χ2v) is 4.56. The Kier molecular flexibility index (Phi) is 5.03. The molecule has 2 aromatic rings. The molecular formula is C15H18F2N4. The lowest BCUT2D eigenvalue weighted by Gasteiger charge is -2.11. The fourth-order valence-corrected chi connectivity index (χ4v) is 1.91. The minimum Gasteiger partial charge on any atom is -0.370 e. The molecule has 0 radical (unpaired) electrons. The van der Waals surface area contributed by atoms with Crippen molar-refractivity contribution in [2.75, 3.05) is 17.2 Å². The monoisotopic (exact) mass is 292 g/mol. The molecule has 2 N–H and O–H groups in total. The van der Waals surface area contributed by atoms with Crippen molar-refractivity contribution in [2.45, 2.75) is 26.7 Å². The van der Waals surface area contributed by atoms with Crippen LogP contribution in [0.3, 0.4) is 0 Å². The van der Waals surface area contributed by atoms with Crippen LogP contribution in [0.1, 0.15) is 26.1 Å². The van der Waals surface area contributed by atoms with Gasteiger partial charge in [0.15, 0.2) is 11.6 Å². The molecule has 4 nitrogen and oxygen atoms in total. The highest BCUT2D eigenvalue weighted by Gasteiger charge is 2.10. The SMILES string of the molecule is CCCc1nc(NCC)cc(Nc2cccc(F)c2F)n1. The highest BCUT2D eigenvalue weighted by atomic mass is 19.2. The van der Waals surface area contributed by atoms with Gasteiger partial charge in [0, 0.05) is 19.0 Å². The predicted molar refractivity (Wildman–Crippen MR) is 79.8 cm³/mol. The van der Waals surface area contributed by atoms with Crippen LogP contribution in [0.25, 0.3) is 0 Å². The maximum absolute atomic E-state index is 13.7. The van der Waals surface area contributed by atoms with Crippen molar-refractivity contribution in [1.29, 1.82) is 0 Å². The van der Waals surface area contributed by atoms with Crippen molar-refractivity contribution in [3.05, 3.63) is 41.7 Å². The summed E-state index contributed by atoms with van der Waals surface area (Å²) >= 11 is 0. The number of benzene rings is 1. The van der Waals surface area contributed by atoms with E-state index >= 15 is 0 Å². The third-order valence-electron chi connectivity index (χ3n) is 2.82. The number of anilines is 3. The lowest BCUT2D eigenvalue weighted by Crippen LogP contribution is -2.06. The summed E-state index contributed by atoms with van der Waals surface area (Å²) in [6.07, 6.45) is 1.63. The van der Waals surface area contributed by atoms with Gasteiger partial charge in [-0.25, -0.2) is 18.7 Å². The maximum atomic E-state index is 13.7. The van der Waals surface area contributed by atoms with Gasteiger partial charge in [0.2, 0.25) is 0 Å². The van der Waals surface area contributed by atoms with E-state index in [-0.39, 0.29) is 5.69 Å². The fraction of sp³-hybridized carbons (Fsp3) is 0.333. The first kappa shape index (κ1) is 15.2. The smallest absolute Gasteiger partial charge is 0.182 e. The summed E-state index contributed by atoms with van der Waals surface area (Å²) in [6, 6.07) is 5.66. The van der Waals surface area contributed by atoms with E-state index in [0.717, 1.165) is 25.5 Å². The molecule has 0 spiro atoms. The van der Waals surface area contributed by atoms with Gasteiger partial charge in [0.25, 0.3) is 0 Å². The van der Waals surface area contributed by atoms with E-state index in [1.807, 2.05) is 13.8 Å². The lowest BCUT2D eigenvalue weighted by molar-refractivity contribution is 0.511. The first-order valence-corrected chi connectivity index (χ1v) is 6.97. The van der Waals surface area contributed by atoms with Gasteiger partial charge in [-0.3, -0.25) is 0 Å². The Morgan fingerprint density at radius 1 is 1.10 bits per heavy atom. The molecule has 1 heterocycles. The van der Waals surface area contributed by atoms with Crippen molar-refractivity contribution in [2.24, 2.45) is 0 Å². The van der Waals surface area contributed by atoms with Gasteiger partial charge >= 0.3 is 0 Å². The van der Waals surface area contributed by atoms with E-state index in [1.54, 1.807) is 6.07 Å². The highest BCUT2D eigenvalue weighted by molar-refractivity contribution is 5.59. The van der Waals surface area contributed by atoms with Crippen LogP contribution in [-0.4, -0.2) is 16.5 Å². The Balaban J connectivity index is 2.31. The molecule has 0 fully saturated rings. The van der Waals surface area contributed by atoms with Crippen molar-refractivity contribution in [3.63, 3.8) is 0 Å². The number of aryl methyl sites for hydroxylation is 1. The van der Waals surface area contributed by atoms with E-state index in [1.165, 1.54) is 12.1 Å². The molecule has 6 heteroatoms. The number of rotatable bonds is 6. The zero-order valence-electron chi connectivity index (χ0n) is 12.1. The zero-order chi connectivity index (χ0) is 15.2. The van der Waals surface area contributed by atoms with Gasteiger partial charge in [-0.15, -0.1) is 0 Å². The first-order valence-electron chi connectivity index (χ1n) is 6.97. The van der Waals surface area contributed by atoms with Crippen molar-refractivity contribution >= 4 is 17.3 Å². The second-order valence-electron chi connectivity index (χ2n) is 4.56. The van der Waals surface area contributed by atoms with Crippen LogP contribution < -0.4 is 10.6 Å². The Morgan fingerprint density at radius 2 is 1.86 bits per heavy atom. The summed E-state index contributed by atoms with van der Waals surface area (Å²) in [6.45, 7) is 4.71. The van der Waals surface area contributed by atoms with Crippen molar-refractivity contribution in [1.82, 2.24) is 9.97 Å². The van der Waals surface area contributed by atoms with E-state index < -0.39 is 11.6 Å². The molecule has 0 amide bonds. The number of aromatic nitrogens is 2. The summed E-state index contributed by atoms with van der Waals surface area (Å²) in [5.41, 5.74) is 0.0543. The highest BCUT2D eigenvalue weighted by Crippen LogP contribution is 2.22. The Hall–Kier alpha value is -2.24. The Labute approximate surface area is 122 Å². The van der Waals surface area contributed by atoms with Crippen LogP contribution in [0.2, 0.25) is 0 Å². The first-order chi connectivity index (χ1) is 10.1. The Bertz CT molecular complexity index is 592. The quantitative estimate of drug-likeness (QED) is 0.848. The lowest BCUT2D eigenvalue weighted by atomic mass is 10.3. The standard InChI is InChI=1S/C15H18F2N4/c1-3-6-12-20-13(18-4-2)9-14(21-12)19-11-8-5-7-10(16)15(11)17/h5,7-9H,3-4,6H2,1-2H3,(H2,18,19,20,21). The van der Waals surface area contributed by atoms with E-state index in [4.69, 9.17) is 0 Å². The van der Waals surface area contributed by atoms with Crippen LogP contribution in [0.4, 0.5) is 26.1 Å². The molecule has 0 atom stereocenters. The van der Waals surface area contributed by atoms with E-state index in [2.05, 4.69) is 20.6 Å². The molecule has 21 heavy (non-hydrogen) atoms. The van der Waals surface area contributed by atoms with Crippen molar-refractivity contribution in [3.8, 4) is 0 Å². The molecule has 2 rings (SSSR count). The minimum absolute atomic E-state index is 0.0543. The van der Waals surface area contributed by atoms with Gasteiger partial charge in [0.05, 0.1) is 5.69 Å². The average molecular weight is 292 g/mol. The van der Waals surface area contributed by atoms with E-state index in [9.17, 15) is 8.78 Å². The molecular weight excluding hydrogens is 274 g/mol. The molecule has 0 saturated carbocycles. The van der Waals surface area contributed by atoms with Gasteiger partial charge in [0.1, 0.15) is 17.5 Å². The topological polar surface area (TPSA) is 49.8 Å². The number of nitrogens with one attached hydrogen (secondary N) is 2. The number of hydrogen-bond donors (Lipinski definition) is 2. The van der Waals surface area contributed by atoms with Crippen LogP contribution in [0.15, 0.2) is 24.3 Å². The third-order valence-corrected chi connectivity index (χ3v) is 2.82. The summed E-state index contributed by atoms with van der Waals surface area (Å²) in [7, 11) is 0. The van der Waals surface area contributed by atoms with Gasteiger partial charge in [-0.05, 0) is 25.5 Å². The van der Waals surface area contributed by atoms with E-state index in [0.29, 0.717) is 17.5 Å². The van der Waals surface area contributed by atoms with Gasteiger partial charge < -0.3 is 10.6 Å². The van der Waals surface area contributed by atoms with Crippen LogP contribution in [0.5, 0.6) is 0 Å². The third kappa shape index (κ3) is 3.87. The minimum atomic E-state index is -0.918. The van der Waals surface area contributed by atoms with Gasteiger partial charge in [-0.2, -0.15) is 0 Å². The van der Waals surface area contributed by atoms with Gasteiger partial charge in [-0.1, -0.05) is 13.0 Å². The normalized spacial score (nSPS) is 10.5. The number of hydrogen-bond acceptors (Lipinski definition) is 4. The average Bonchev–Trinajstić information content (AvgIpc) is 2.44. The number of nitrogens with zero attached hydrogens (tertiary/aromatic N) is 2. The molecule has 0 saturated heterocycles. The summed E-state index contributed by atoms with van der Waals surface area (Å²) in [5, 5.41) is 5.90. The molecule has 1 aromatic heterocycles. The molecule has 0 aliphatic heterocycles. The fourth-order valence-electron chi connectivity index (χ4n) is 1.91. The largest absolute Gasteiger partial charge is 0.370 e. The molecule has 112 valence electrons. The number of halogens is 2.